The van der Waals surface area contributed by atoms with Gasteiger partial charge in [-0.2, -0.15) is 0 Å². The molecule has 0 spiro atoms. The van der Waals surface area contributed by atoms with Gasteiger partial charge in [-0.05, 0) is 36.6 Å². The summed E-state index contributed by atoms with van der Waals surface area (Å²) in [5.41, 5.74) is 1.98. The lowest BCUT2D eigenvalue weighted by molar-refractivity contribution is -0.115. The van der Waals surface area contributed by atoms with Gasteiger partial charge in [-0.3, -0.25) is 9.59 Å². The van der Waals surface area contributed by atoms with Crippen molar-refractivity contribution >= 4 is 45.7 Å². The second kappa shape index (κ2) is 6.26. The SMILES string of the molecule is CC1Sc2ccc(C(=O)Nc3cccc4ccccc34)cc2NC1=O. The standard InChI is InChI=1S/C20H16N2O2S/c1-12-19(23)22-17-11-14(9-10-18(17)25-12)20(24)21-16-8-4-6-13-5-2-3-7-15(13)16/h2-12H,1H3,(H,21,24)(H,22,23). The lowest BCUT2D eigenvalue weighted by atomic mass is 10.1. The second-order valence-corrected chi connectivity index (χ2v) is 7.32. The normalized spacial score (nSPS) is 16.2. The average molecular weight is 348 g/mol. The van der Waals surface area contributed by atoms with Gasteiger partial charge in [-0.15, -0.1) is 11.8 Å². The van der Waals surface area contributed by atoms with Gasteiger partial charge in [0.05, 0.1) is 10.9 Å². The smallest absolute Gasteiger partial charge is 0.255 e. The molecule has 4 rings (SSSR count). The van der Waals surface area contributed by atoms with Crippen molar-refractivity contribution < 1.29 is 9.59 Å². The van der Waals surface area contributed by atoms with E-state index in [1.807, 2.05) is 55.5 Å². The van der Waals surface area contributed by atoms with Crippen molar-refractivity contribution in [3.05, 3.63) is 66.2 Å². The molecule has 4 nitrogen and oxygen atoms in total. The maximum atomic E-state index is 12.7. The molecule has 0 aromatic heterocycles. The fourth-order valence-electron chi connectivity index (χ4n) is 2.88. The number of hydrogen-bond donors (Lipinski definition) is 2. The van der Waals surface area contributed by atoms with Gasteiger partial charge >= 0.3 is 0 Å². The largest absolute Gasteiger partial charge is 0.324 e. The highest BCUT2D eigenvalue weighted by Crippen LogP contribution is 2.36. The third-order valence-electron chi connectivity index (χ3n) is 4.21. The third kappa shape index (κ3) is 2.98. The van der Waals surface area contributed by atoms with Crippen LogP contribution in [-0.2, 0) is 4.79 Å². The Hall–Kier alpha value is -2.79. The Morgan fingerprint density at radius 3 is 2.76 bits per heavy atom. The molecule has 0 saturated carbocycles. The van der Waals surface area contributed by atoms with E-state index in [0.717, 1.165) is 21.4 Å². The van der Waals surface area contributed by atoms with Gasteiger partial charge in [0.2, 0.25) is 5.91 Å². The minimum Gasteiger partial charge on any atom is -0.324 e. The Morgan fingerprint density at radius 1 is 1.08 bits per heavy atom. The van der Waals surface area contributed by atoms with Crippen LogP contribution < -0.4 is 10.6 Å². The minimum absolute atomic E-state index is 0.0379. The summed E-state index contributed by atoms with van der Waals surface area (Å²) in [6, 6.07) is 19.1. The summed E-state index contributed by atoms with van der Waals surface area (Å²) in [6.07, 6.45) is 0. The summed E-state index contributed by atoms with van der Waals surface area (Å²) in [5.74, 6) is -0.235. The molecular weight excluding hydrogens is 332 g/mol. The quantitative estimate of drug-likeness (QED) is 0.715. The predicted molar refractivity (Wildman–Crippen MR) is 102 cm³/mol. The van der Waals surface area contributed by atoms with E-state index in [9.17, 15) is 9.59 Å². The number of anilines is 2. The zero-order valence-electron chi connectivity index (χ0n) is 13.6. The molecule has 0 saturated heterocycles. The Balaban J connectivity index is 1.63. The van der Waals surface area contributed by atoms with Crippen LogP contribution in [0.25, 0.3) is 10.8 Å². The number of amides is 2. The number of rotatable bonds is 2. The molecule has 25 heavy (non-hydrogen) atoms. The molecule has 1 aliphatic heterocycles. The van der Waals surface area contributed by atoms with Gasteiger partial charge in [0, 0.05) is 21.5 Å². The average Bonchev–Trinajstić information content (AvgIpc) is 2.62. The highest BCUT2D eigenvalue weighted by atomic mass is 32.2. The lowest BCUT2D eigenvalue weighted by Gasteiger charge is -2.21. The zero-order chi connectivity index (χ0) is 17.4. The van der Waals surface area contributed by atoms with Crippen molar-refractivity contribution in [2.45, 2.75) is 17.1 Å². The maximum absolute atomic E-state index is 12.7. The van der Waals surface area contributed by atoms with E-state index in [1.54, 1.807) is 12.1 Å². The van der Waals surface area contributed by atoms with Crippen LogP contribution >= 0.6 is 11.8 Å². The predicted octanol–water partition coefficient (Wildman–Crippen LogP) is 4.52. The van der Waals surface area contributed by atoms with Crippen LogP contribution in [0.5, 0.6) is 0 Å². The molecule has 1 heterocycles. The van der Waals surface area contributed by atoms with Crippen LogP contribution in [0.2, 0.25) is 0 Å². The number of benzene rings is 3. The first-order chi connectivity index (χ1) is 12.1. The number of carbonyl (C=O) groups excluding carboxylic acids is 2. The molecule has 3 aromatic carbocycles. The van der Waals surface area contributed by atoms with E-state index in [0.29, 0.717) is 11.3 Å². The van der Waals surface area contributed by atoms with Crippen LogP contribution in [0.3, 0.4) is 0 Å². The third-order valence-corrected chi connectivity index (χ3v) is 5.39. The molecule has 0 aliphatic carbocycles. The molecule has 5 heteroatoms. The summed E-state index contributed by atoms with van der Waals surface area (Å²) in [7, 11) is 0. The molecule has 124 valence electrons. The van der Waals surface area contributed by atoms with Gasteiger partial charge < -0.3 is 10.6 Å². The van der Waals surface area contributed by atoms with Crippen molar-refractivity contribution in [3.8, 4) is 0 Å². The van der Waals surface area contributed by atoms with E-state index in [1.165, 1.54) is 11.8 Å². The van der Waals surface area contributed by atoms with Crippen LogP contribution in [0.15, 0.2) is 65.6 Å². The van der Waals surface area contributed by atoms with E-state index in [4.69, 9.17) is 0 Å². The van der Waals surface area contributed by atoms with Crippen molar-refractivity contribution in [1.29, 1.82) is 0 Å². The van der Waals surface area contributed by atoms with Gasteiger partial charge in [-0.1, -0.05) is 36.4 Å². The summed E-state index contributed by atoms with van der Waals surface area (Å²) >= 11 is 1.50. The molecule has 1 unspecified atom stereocenters. The molecular formula is C20H16N2O2S. The zero-order valence-corrected chi connectivity index (χ0v) is 14.4. The number of hydrogen-bond acceptors (Lipinski definition) is 3. The monoisotopic (exact) mass is 348 g/mol. The van der Waals surface area contributed by atoms with Crippen molar-refractivity contribution in [2.75, 3.05) is 10.6 Å². The summed E-state index contributed by atoms with van der Waals surface area (Å²) in [4.78, 5) is 25.5. The Morgan fingerprint density at radius 2 is 1.88 bits per heavy atom. The van der Waals surface area contributed by atoms with Gasteiger partial charge in [0.25, 0.3) is 5.91 Å². The van der Waals surface area contributed by atoms with Gasteiger partial charge in [0.15, 0.2) is 0 Å². The highest BCUT2D eigenvalue weighted by molar-refractivity contribution is 8.00. The van der Waals surface area contributed by atoms with Crippen LogP contribution in [0.4, 0.5) is 11.4 Å². The maximum Gasteiger partial charge on any atom is 0.255 e. The number of carbonyl (C=O) groups is 2. The van der Waals surface area contributed by atoms with Crippen LogP contribution in [0.1, 0.15) is 17.3 Å². The first-order valence-electron chi connectivity index (χ1n) is 8.02. The Bertz CT molecular complexity index is 995. The van der Waals surface area contributed by atoms with E-state index in [2.05, 4.69) is 10.6 Å². The van der Waals surface area contributed by atoms with Crippen molar-refractivity contribution in [2.24, 2.45) is 0 Å². The number of thioether (sulfide) groups is 1. The van der Waals surface area contributed by atoms with Crippen molar-refractivity contribution in [3.63, 3.8) is 0 Å². The topological polar surface area (TPSA) is 58.2 Å². The molecule has 0 fully saturated rings. The lowest BCUT2D eigenvalue weighted by Crippen LogP contribution is -2.26. The molecule has 2 N–H and O–H groups in total. The van der Waals surface area contributed by atoms with Gasteiger partial charge in [0.1, 0.15) is 0 Å². The first kappa shape index (κ1) is 15.7. The van der Waals surface area contributed by atoms with Crippen molar-refractivity contribution in [1.82, 2.24) is 0 Å². The molecule has 1 atom stereocenters. The Labute approximate surface area is 149 Å². The summed E-state index contributed by atoms with van der Waals surface area (Å²) in [5, 5.41) is 7.77. The summed E-state index contributed by atoms with van der Waals surface area (Å²) in [6.45, 7) is 1.87. The first-order valence-corrected chi connectivity index (χ1v) is 8.90. The molecule has 2 amide bonds. The second-order valence-electron chi connectivity index (χ2n) is 5.94. The molecule has 1 aliphatic rings. The number of nitrogens with one attached hydrogen (secondary N) is 2. The molecule has 3 aromatic rings. The van der Waals surface area contributed by atoms with E-state index in [-0.39, 0.29) is 17.1 Å². The molecule has 0 radical (unpaired) electrons. The van der Waals surface area contributed by atoms with Crippen LogP contribution in [-0.4, -0.2) is 17.1 Å². The molecule has 0 bridgehead atoms. The van der Waals surface area contributed by atoms with Crippen LogP contribution in [0, 0.1) is 0 Å². The minimum atomic E-state index is -0.197. The highest BCUT2D eigenvalue weighted by Gasteiger charge is 2.23. The summed E-state index contributed by atoms with van der Waals surface area (Å²) < 4.78 is 0. The van der Waals surface area contributed by atoms with Gasteiger partial charge in [-0.25, -0.2) is 0 Å². The fourth-order valence-corrected chi connectivity index (χ4v) is 3.81. The fraction of sp³-hybridized carbons (Fsp3) is 0.100. The van der Waals surface area contributed by atoms with E-state index < -0.39 is 0 Å². The number of fused-ring (bicyclic) bond motifs is 2. The van der Waals surface area contributed by atoms with E-state index >= 15 is 0 Å². The Kier molecular flexibility index (Phi) is 3.93.